The summed E-state index contributed by atoms with van der Waals surface area (Å²) < 4.78 is 34.4. The van der Waals surface area contributed by atoms with Crippen molar-refractivity contribution in [2.45, 2.75) is 69.4 Å². The fraction of sp³-hybridized carbons (Fsp3) is 0.586. The molecule has 5 atom stereocenters. The summed E-state index contributed by atoms with van der Waals surface area (Å²) in [5, 5.41) is 24.7. The fourth-order valence-corrected chi connectivity index (χ4v) is 7.71. The van der Waals surface area contributed by atoms with Crippen LogP contribution in [0, 0.1) is 10.8 Å². The number of carbonyl (C=O) groups excluding carboxylic acids is 1. The highest BCUT2D eigenvalue weighted by molar-refractivity contribution is 5.95. The van der Waals surface area contributed by atoms with Gasteiger partial charge in [0.2, 0.25) is 5.75 Å². The van der Waals surface area contributed by atoms with Gasteiger partial charge >= 0.3 is 5.63 Å². The molecule has 2 aromatic rings. The number of hydrogen-bond acceptors (Lipinski definition) is 10. The maximum Gasteiger partial charge on any atom is 0.343 e. The van der Waals surface area contributed by atoms with Crippen LogP contribution in [0.25, 0.3) is 11.3 Å². The molecule has 2 bridgehead atoms. The van der Waals surface area contributed by atoms with E-state index in [-0.39, 0.29) is 48.7 Å². The molecule has 10 nitrogen and oxygen atoms in total. The van der Waals surface area contributed by atoms with Crippen molar-refractivity contribution in [3.8, 4) is 34.3 Å². The summed E-state index contributed by atoms with van der Waals surface area (Å²) in [5.41, 5.74) is -7.22. The molecule has 3 heterocycles. The highest BCUT2D eigenvalue weighted by Crippen LogP contribution is 2.69. The Morgan fingerprint density at radius 3 is 2.21 bits per heavy atom. The number of hydrogen-bond donors (Lipinski definition) is 2. The number of ketones is 1. The second-order valence-electron chi connectivity index (χ2n) is 12.0. The van der Waals surface area contributed by atoms with Gasteiger partial charge in [-0.25, -0.2) is 4.79 Å². The lowest BCUT2D eigenvalue weighted by molar-refractivity contribution is -0.307. The number of methoxy groups -OCH3 is 3. The van der Waals surface area contributed by atoms with Crippen LogP contribution in [-0.2, 0) is 16.0 Å². The third-order valence-electron chi connectivity index (χ3n) is 10.0. The van der Waals surface area contributed by atoms with E-state index in [4.69, 9.17) is 28.1 Å². The molecule has 39 heavy (non-hydrogen) atoms. The van der Waals surface area contributed by atoms with E-state index in [1.54, 1.807) is 25.1 Å². The molecule has 4 aliphatic rings. The van der Waals surface area contributed by atoms with E-state index in [2.05, 4.69) is 0 Å². The highest BCUT2D eigenvalue weighted by atomic mass is 16.5. The van der Waals surface area contributed by atoms with Crippen molar-refractivity contribution in [3.63, 3.8) is 0 Å². The second kappa shape index (κ2) is 7.99. The molecule has 6 rings (SSSR count). The Morgan fingerprint density at radius 1 is 0.923 bits per heavy atom. The molecule has 210 valence electrons. The minimum atomic E-state index is -1.91. The van der Waals surface area contributed by atoms with E-state index in [0.717, 1.165) is 0 Å². The molecule has 1 saturated heterocycles. The fourth-order valence-electron chi connectivity index (χ4n) is 7.71. The topological polar surface area (TPSA) is 134 Å². The van der Waals surface area contributed by atoms with Crippen molar-refractivity contribution >= 4 is 5.78 Å². The third kappa shape index (κ3) is 2.97. The molecular weight excluding hydrogens is 508 g/mol. The minimum Gasteiger partial charge on any atom is -0.493 e. The Balaban J connectivity index is 1.50. The first-order valence-corrected chi connectivity index (χ1v) is 13.1. The van der Waals surface area contributed by atoms with Gasteiger partial charge in [-0.15, -0.1) is 0 Å². The number of benzene rings is 1. The zero-order valence-electron chi connectivity index (χ0n) is 23.0. The molecule has 1 spiro atoms. The summed E-state index contributed by atoms with van der Waals surface area (Å²) >= 11 is 0. The number of Topliss-reactive ketones (excluding diaryl/α,β-unsaturated/α-hetero) is 1. The van der Waals surface area contributed by atoms with E-state index >= 15 is 0 Å². The van der Waals surface area contributed by atoms with Gasteiger partial charge in [0.1, 0.15) is 34.2 Å². The normalized spacial score (nSPS) is 35.8. The van der Waals surface area contributed by atoms with Gasteiger partial charge in [0, 0.05) is 18.1 Å². The monoisotopic (exact) mass is 542 g/mol. The molecular formula is C29H34O10. The van der Waals surface area contributed by atoms with E-state index in [1.165, 1.54) is 21.3 Å². The Morgan fingerprint density at radius 2 is 1.59 bits per heavy atom. The van der Waals surface area contributed by atoms with Crippen molar-refractivity contribution in [2.75, 3.05) is 27.9 Å². The summed E-state index contributed by atoms with van der Waals surface area (Å²) in [6.07, 6.45) is -0.0998. The Kier molecular flexibility index (Phi) is 5.36. The average molecular weight is 543 g/mol. The second-order valence-corrected chi connectivity index (χ2v) is 12.0. The maximum absolute atomic E-state index is 13.8. The number of aliphatic hydroxyl groups is 2. The van der Waals surface area contributed by atoms with E-state index in [0.29, 0.717) is 29.2 Å². The molecule has 0 amide bonds. The predicted octanol–water partition coefficient (Wildman–Crippen LogP) is 2.67. The number of fused-ring (bicyclic) bond motifs is 3. The van der Waals surface area contributed by atoms with Crippen LogP contribution in [0.4, 0.5) is 0 Å². The molecule has 2 saturated carbocycles. The third-order valence-corrected chi connectivity index (χ3v) is 10.0. The van der Waals surface area contributed by atoms with Crippen LogP contribution in [0.15, 0.2) is 27.4 Å². The molecule has 1 aromatic carbocycles. The smallest absolute Gasteiger partial charge is 0.343 e. The Hall–Kier alpha value is -3.08. The zero-order valence-corrected chi connectivity index (χ0v) is 23.0. The number of ether oxygens (including phenoxy) is 5. The molecule has 2 aliphatic heterocycles. The maximum atomic E-state index is 13.8. The van der Waals surface area contributed by atoms with Gasteiger partial charge < -0.3 is 38.3 Å². The molecule has 1 aromatic heterocycles. The summed E-state index contributed by atoms with van der Waals surface area (Å²) in [4.78, 5) is 27.3. The van der Waals surface area contributed by atoms with Gasteiger partial charge in [0.25, 0.3) is 0 Å². The average Bonchev–Trinajstić information content (AvgIpc) is 3.17. The van der Waals surface area contributed by atoms with Gasteiger partial charge in [0.05, 0.1) is 39.1 Å². The molecule has 10 heteroatoms. The molecule has 2 aliphatic carbocycles. The van der Waals surface area contributed by atoms with Crippen LogP contribution in [0.1, 0.15) is 45.6 Å². The van der Waals surface area contributed by atoms with Crippen molar-refractivity contribution in [1.29, 1.82) is 0 Å². The van der Waals surface area contributed by atoms with E-state index in [1.807, 2.05) is 13.8 Å². The van der Waals surface area contributed by atoms with Gasteiger partial charge in [-0.1, -0.05) is 13.8 Å². The van der Waals surface area contributed by atoms with Gasteiger partial charge in [-0.05, 0) is 43.7 Å². The number of rotatable bonds is 4. The van der Waals surface area contributed by atoms with Crippen LogP contribution in [-0.4, -0.2) is 66.8 Å². The Labute approximate surface area is 225 Å². The standard InChI is InChI=1S/C29H34O10/c1-25(2)13-21-23(30)27(14-37-21)28(25,32)8-7-26(3)29(27,33)12-16-18(39-26)11-17(38-24(16)31)15-9-19(34-4)22(36-6)20(10-15)35-5/h9-11,21,32-33H,7-8,12-14H2,1-6H3/t21-,26-,27-,28+,29+/m0/s1. The summed E-state index contributed by atoms with van der Waals surface area (Å²) in [7, 11) is 4.47. The van der Waals surface area contributed by atoms with Crippen LogP contribution in [0.2, 0.25) is 0 Å². The van der Waals surface area contributed by atoms with Gasteiger partial charge in [0.15, 0.2) is 17.3 Å². The largest absolute Gasteiger partial charge is 0.493 e. The van der Waals surface area contributed by atoms with Crippen LogP contribution < -0.4 is 24.6 Å². The predicted molar refractivity (Wildman–Crippen MR) is 138 cm³/mol. The zero-order chi connectivity index (χ0) is 28.2. The first-order chi connectivity index (χ1) is 18.3. The molecule has 2 N–H and O–H groups in total. The minimum absolute atomic E-state index is 0.101. The lowest BCUT2D eigenvalue weighted by Gasteiger charge is -2.68. The molecule has 3 fully saturated rings. The Bertz CT molecular complexity index is 1420. The van der Waals surface area contributed by atoms with Crippen LogP contribution in [0.3, 0.4) is 0 Å². The van der Waals surface area contributed by atoms with Crippen molar-refractivity contribution in [2.24, 2.45) is 10.8 Å². The van der Waals surface area contributed by atoms with Crippen molar-refractivity contribution in [1.82, 2.24) is 0 Å². The molecule has 0 unspecified atom stereocenters. The summed E-state index contributed by atoms with van der Waals surface area (Å²) in [5.74, 6) is 1.29. The first kappa shape index (κ1) is 26.2. The van der Waals surface area contributed by atoms with Gasteiger partial charge in [-0.3, -0.25) is 4.79 Å². The summed E-state index contributed by atoms with van der Waals surface area (Å²) in [6, 6.07) is 4.91. The highest BCUT2D eigenvalue weighted by Gasteiger charge is 2.83. The van der Waals surface area contributed by atoms with Gasteiger partial charge in [-0.2, -0.15) is 0 Å². The van der Waals surface area contributed by atoms with E-state index in [9.17, 15) is 19.8 Å². The first-order valence-electron chi connectivity index (χ1n) is 13.1. The molecule has 0 radical (unpaired) electrons. The van der Waals surface area contributed by atoms with Crippen molar-refractivity contribution in [3.05, 3.63) is 34.2 Å². The quantitative estimate of drug-likeness (QED) is 0.594. The van der Waals surface area contributed by atoms with Crippen LogP contribution >= 0.6 is 0 Å². The lowest BCUT2D eigenvalue weighted by atomic mass is 9.40. The number of carbonyl (C=O) groups is 1. The van der Waals surface area contributed by atoms with Crippen molar-refractivity contribution < 1.29 is 43.1 Å². The summed E-state index contributed by atoms with van der Waals surface area (Å²) in [6.45, 7) is 5.39. The van der Waals surface area contributed by atoms with E-state index < -0.39 is 39.4 Å². The lowest BCUT2D eigenvalue weighted by Crippen LogP contribution is -2.83. The SMILES string of the molecule is COc1cc(-c2cc3c(c(=O)o2)C[C@]2(O)[C@]45CO[C@@H](CC(C)(C)[C@]4(O)CC[C@]2(C)O3)C5=O)cc(OC)c1OC. The van der Waals surface area contributed by atoms with Crippen LogP contribution in [0.5, 0.6) is 23.0 Å².